The summed E-state index contributed by atoms with van der Waals surface area (Å²) in [6.45, 7) is 0.183. The average molecular weight is 322 g/mol. The van der Waals surface area contributed by atoms with E-state index in [2.05, 4.69) is 0 Å². The van der Waals surface area contributed by atoms with Gasteiger partial charge >= 0.3 is 12.1 Å². The van der Waals surface area contributed by atoms with Crippen LogP contribution >= 0.6 is 11.6 Å². The Balaban J connectivity index is 2.37. The summed E-state index contributed by atoms with van der Waals surface area (Å²) in [5.74, 6) is -1.97. The van der Waals surface area contributed by atoms with Crippen LogP contribution in [0.4, 0.5) is 13.2 Å². The minimum absolute atomic E-state index is 0.135. The van der Waals surface area contributed by atoms with Crippen molar-refractivity contribution in [1.82, 2.24) is 4.90 Å². The second-order valence-electron chi connectivity index (χ2n) is 4.69. The summed E-state index contributed by atoms with van der Waals surface area (Å²) in [5, 5.41) is 8.89. The van der Waals surface area contributed by atoms with Crippen molar-refractivity contribution in [2.75, 3.05) is 6.54 Å². The molecule has 1 aliphatic rings. The Morgan fingerprint density at radius 2 is 2.00 bits per heavy atom. The van der Waals surface area contributed by atoms with Crippen molar-refractivity contribution in [3.05, 3.63) is 34.3 Å². The van der Waals surface area contributed by atoms with Crippen molar-refractivity contribution < 1.29 is 27.9 Å². The first kappa shape index (κ1) is 15.6. The predicted molar refractivity (Wildman–Crippen MR) is 68.1 cm³/mol. The van der Waals surface area contributed by atoms with Gasteiger partial charge in [0.25, 0.3) is 5.91 Å². The minimum atomic E-state index is -4.60. The van der Waals surface area contributed by atoms with E-state index in [0.29, 0.717) is 12.5 Å². The predicted octanol–water partition coefficient (Wildman–Crippen LogP) is 3.05. The maximum Gasteiger partial charge on any atom is 0.416 e. The van der Waals surface area contributed by atoms with Crippen LogP contribution in [0.25, 0.3) is 0 Å². The maximum atomic E-state index is 12.7. The third kappa shape index (κ3) is 3.12. The number of hydrogen-bond donors (Lipinski definition) is 1. The molecule has 8 heteroatoms. The molecule has 0 saturated carbocycles. The van der Waals surface area contributed by atoms with Crippen LogP contribution < -0.4 is 0 Å². The van der Waals surface area contributed by atoms with Gasteiger partial charge in [-0.1, -0.05) is 11.6 Å². The van der Waals surface area contributed by atoms with E-state index in [-0.39, 0.29) is 23.6 Å². The Morgan fingerprint density at radius 1 is 1.33 bits per heavy atom. The van der Waals surface area contributed by atoms with E-state index in [9.17, 15) is 22.8 Å². The fourth-order valence-electron chi connectivity index (χ4n) is 2.29. The Labute approximate surface area is 123 Å². The zero-order chi connectivity index (χ0) is 15.8. The summed E-state index contributed by atoms with van der Waals surface area (Å²) in [5.41, 5.74) is -1.33. The Bertz CT molecular complexity index is 589. The van der Waals surface area contributed by atoms with Gasteiger partial charge in [0.05, 0.1) is 16.1 Å². The second-order valence-corrected chi connectivity index (χ2v) is 5.09. The van der Waals surface area contributed by atoms with E-state index in [1.54, 1.807) is 0 Å². The highest BCUT2D eigenvalue weighted by Gasteiger charge is 2.37. The summed E-state index contributed by atoms with van der Waals surface area (Å²) >= 11 is 5.78. The molecule has 1 aromatic carbocycles. The van der Waals surface area contributed by atoms with E-state index >= 15 is 0 Å². The number of likely N-dealkylation sites (tertiary alicyclic amines) is 1. The van der Waals surface area contributed by atoms with Gasteiger partial charge in [0.15, 0.2) is 0 Å². The Hall–Kier alpha value is -1.76. The number of alkyl halides is 3. The van der Waals surface area contributed by atoms with Crippen molar-refractivity contribution in [1.29, 1.82) is 0 Å². The van der Waals surface area contributed by atoms with Crippen molar-refractivity contribution >= 4 is 23.5 Å². The highest BCUT2D eigenvalue weighted by atomic mass is 35.5. The number of aliphatic carboxylic acids is 1. The van der Waals surface area contributed by atoms with Crippen LogP contribution in [0.3, 0.4) is 0 Å². The summed E-state index contributed by atoms with van der Waals surface area (Å²) in [6, 6.07) is 1.39. The molecule has 1 heterocycles. The smallest absolute Gasteiger partial charge is 0.416 e. The lowest BCUT2D eigenvalue weighted by molar-refractivity contribution is -0.141. The number of amides is 1. The second kappa shape index (κ2) is 5.55. The number of carboxylic acid groups (broad SMARTS) is 1. The van der Waals surface area contributed by atoms with Crippen LogP contribution in [-0.2, 0) is 11.0 Å². The largest absolute Gasteiger partial charge is 0.480 e. The van der Waals surface area contributed by atoms with Crippen molar-refractivity contribution in [3.63, 3.8) is 0 Å². The lowest BCUT2D eigenvalue weighted by Gasteiger charge is -2.22. The molecule has 21 heavy (non-hydrogen) atoms. The summed E-state index contributed by atoms with van der Waals surface area (Å²) < 4.78 is 38.0. The highest BCUT2D eigenvalue weighted by molar-refractivity contribution is 6.33. The zero-order valence-electron chi connectivity index (χ0n) is 10.7. The molecule has 1 amide bonds. The minimum Gasteiger partial charge on any atom is -0.480 e. The van der Waals surface area contributed by atoms with Crippen molar-refractivity contribution in [3.8, 4) is 0 Å². The van der Waals surface area contributed by atoms with Gasteiger partial charge in [-0.15, -0.1) is 0 Å². The van der Waals surface area contributed by atoms with E-state index in [4.69, 9.17) is 16.7 Å². The number of carbonyl (C=O) groups is 2. The average Bonchev–Trinajstić information content (AvgIpc) is 2.86. The summed E-state index contributed by atoms with van der Waals surface area (Å²) in [6.07, 6.45) is -3.84. The first-order valence-corrected chi connectivity index (χ1v) is 6.50. The van der Waals surface area contributed by atoms with Crippen molar-refractivity contribution in [2.45, 2.75) is 25.1 Å². The Kier molecular flexibility index (Phi) is 4.13. The van der Waals surface area contributed by atoms with E-state index in [1.165, 1.54) is 0 Å². The number of rotatable bonds is 2. The number of nitrogens with zero attached hydrogens (tertiary/aromatic N) is 1. The number of halogens is 4. The fourth-order valence-corrected chi connectivity index (χ4v) is 2.49. The molecule has 1 aromatic rings. The molecule has 114 valence electrons. The molecule has 0 spiro atoms. The third-order valence-corrected chi connectivity index (χ3v) is 3.65. The molecular weight excluding hydrogens is 311 g/mol. The molecule has 0 aliphatic carbocycles. The zero-order valence-corrected chi connectivity index (χ0v) is 11.4. The van der Waals surface area contributed by atoms with E-state index in [1.807, 2.05) is 0 Å². The van der Waals surface area contributed by atoms with Gasteiger partial charge in [0.2, 0.25) is 0 Å². The molecule has 4 nitrogen and oxygen atoms in total. The summed E-state index contributed by atoms with van der Waals surface area (Å²) in [7, 11) is 0. The number of hydrogen-bond acceptors (Lipinski definition) is 2. The standard InChI is InChI=1S/C13H11ClF3NO3/c14-9-4-3-7(13(15,16)17)6-8(9)11(19)18-5-1-2-10(18)12(20)21/h3-4,6,10H,1-2,5H2,(H,20,21). The van der Waals surface area contributed by atoms with E-state index < -0.39 is 29.7 Å². The molecule has 1 atom stereocenters. The maximum absolute atomic E-state index is 12.7. The molecule has 0 aromatic heterocycles. The van der Waals surface area contributed by atoms with Crippen LogP contribution in [-0.4, -0.2) is 34.5 Å². The molecule has 1 saturated heterocycles. The lowest BCUT2D eigenvalue weighted by Crippen LogP contribution is -2.40. The SMILES string of the molecule is O=C(O)C1CCCN1C(=O)c1cc(C(F)(F)F)ccc1Cl. The van der Waals surface area contributed by atoms with Crippen LogP contribution in [0.2, 0.25) is 5.02 Å². The molecule has 2 rings (SSSR count). The van der Waals surface area contributed by atoms with Gasteiger partial charge in [0.1, 0.15) is 6.04 Å². The normalized spacial score (nSPS) is 18.9. The summed E-state index contributed by atoms with van der Waals surface area (Å²) in [4.78, 5) is 24.4. The molecule has 1 aliphatic heterocycles. The van der Waals surface area contributed by atoms with E-state index in [0.717, 1.165) is 17.0 Å². The molecule has 1 unspecified atom stereocenters. The van der Waals surface area contributed by atoms with Crippen LogP contribution in [0, 0.1) is 0 Å². The van der Waals surface area contributed by atoms with Gasteiger partial charge in [-0.2, -0.15) is 13.2 Å². The molecule has 0 bridgehead atoms. The number of benzene rings is 1. The Morgan fingerprint density at radius 3 is 2.57 bits per heavy atom. The van der Waals surface area contributed by atoms with Crippen LogP contribution in [0.5, 0.6) is 0 Å². The first-order chi connectivity index (χ1) is 9.71. The third-order valence-electron chi connectivity index (χ3n) is 3.32. The monoisotopic (exact) mass is 321 g/mol. The first-order valence-electron chi connectivity index (χ1n) is 6.12. The molecule has 1 fully saturated rings. The molecule has 0 radical (unpaired) electrons. The van der Waals surface area contributed by atoms with Gasteiger partial charge in [0, 0.05) is 6.54 Å². The van der Waals surface area contributed by atoms with Gasteiger partial charge < -0.3 is 10.0 Å². The van der Waals surface area contributed by atoms with Crippen LogP contribution in [0.1, 0.15) is 28.8 Å². The fraction of sp³-hybridized carbons (Fsp3) is 0.385. The highest BCUT2D eigenvalue weighted by Crippen LogP contribution is 2.33. The lowest BCUT2D eigenvalue weighted by atomic mass is 10.1. The molecular formula is C13H11ClF3NO3. The number of carbonyl (C=O) groups excluding carboxylic acids is 1. The van der Waals surface area contributed by atoms with Crippen molar-refractivity contribution in [2.24, 2.45) is 0 Å². The van der Waals surface area contributed by atoms with Gasteiger partial charge in [-0.3, -0.25) is 4.79 Å². The quantitative estimate of drug-likeness (QED) is 0.911. The van der Waals surface area contributed by atoms with Gasteiger partial charge in [-0.25, -0.2) is 4.79 Å². The van der Waals surface area contributed by atoms with Crippen LogP contribution in [0.15, 0.2) is 18.2 Å². The van der Waals surface area contributed by atoms with Gasteiger partial charge in [-0.05, 0) is 31.0 Å². The molecule has 1 N–H and O–H groups in total. The number of carboxylic acids is 1. The topological polar surface area (TPSA) is 57.6 Å².